The van der Waals surface area contributed by atoms with E-state index < -0.39 is 5.97 Å². The molecule has 1 aromatic carbocycles. The molecule has 1 aliphatic rings. The fourth-order valence-corrected chi connectivity index (χ4v) is 3.99. The molecule has 1 aromatic heterocycles. The van der Waals surface area contributed by atoms with E-state index >= 15 is 0 Å². The van der Waals surface area contributed by atoms with E-state index in [4.69, 9.17) is 5.11 Å². The number of rotatable bonds is 3. The number of carbonyl (C=O) groups excluding carboxylic acids is 1. The van der Waals surface area contributed by atoms with E-state index in [1.807, 2.05) is 24.4 Å². The summed E-state index contributed by atoms with van der Waals surface area (Å²) >= 11 is 2.91. The number of benzene rings is 1. The highest BCUT2D eigenvalue weighted by molar-refractivity contribution is 8.18. The van der Waals surface area contributed by atoms with Crippen LogP contribution in [0.25, 0.3) is 6.08 Å². The zero-order chi connectivity index (χ0) is 17.3. The van der Waals surface area contributed by atoms with Gasteiger partial charge in [0, 0.05) is 11.9 Å². The maximum atomic E-state index is 12.4. The largest absolute Gasteiger partial charge is 0.478 e. The maximum Gasteiger partial charge on any atom is 0.335 e. The molecule has 2 heterocycles. The fraction of sp³-hybridized carbons (Fsp3) is 0.118. The van der Waals surface area contributed by atoms with Gasteiger partial charge in [0.15, 0.2) is 5.17 Å². The molecule has 1 saturated heterocycles. The first kappa shape index (κ1) is 16.5. The number of thioether (sulfide) groups is 1. The average Bonchev–Trinajstić information content (AvgIpc) is 3.07. The normalized spacial score (nSPS) is 17.9. The van der Waals surface area contributed by atoms with Crippen LogP contribution in [0.5, 0.6) is 0 Å². The van der Waals surface area contributed by atoms with Crippen LogP contribution in [0.3, 0.4) is 0 Å². The number of aryl methyl sites for hydroxylation is 1. The highest BCUT2D eigenvalue weighted by Crippen LogP contribution is 2.34. The first-order valence-corrected chi connectivity index (χ1v) is 8.79. The minimum Gasteiger partial charge on any atom is -0.478 e. The molecule has 1 N–H and O–H groups in total. The molecule has 0 aliphatic carbocycles. The van der Waals surface area contributed by atoms with E-state index in [2.05, 4.69) is 4.99 Å². The zero-order valence-corrected chi connectivity index (χ0v) is 14.6. The molecule has 0 bridgehead atoms. The number of aromatic carboxylic acids is 1. The molecule has 2 aromatic rings. The minimum atomic E-state index is -0.978. The van der Waals surface area contributed by atoms with Gasteiger partial charge in [0.1, 0.15) is 0 Å². The lowest BCUT2D eigenvalue weighted by Crippen LogP contribution is -2.23. The van der Waals surface area contributed by atoms with E-state index in [0.29, 0.717) is 15.8 Å². The molecular formula is C17H14N2O3S2. The van der Waals surface area contributed by atoms with Gasteiger partial charge in [0.25, 0.3) is 5.91 Å². The third kappa shape index (κ3) is 3.27. The topological polar surface area (TPSA) is 70.0 Å². The Labute approximate surface area is 147 Å². The zero-order valence-electron chi connectivity index (χ0n) is 13.0. The van der Waals surface area contributed by atoms with Crippen LogP contribution >= 0.6 is 23.1 Å². The summed E-state index contributed by atoms with van der Waals surface area (Å²) in [5.74, 6) is -1.07. The third-order valence-corrected chi connectivity index (χ3v) is 5.53. The smallest absolute Gasteiger partial charge is 0.335 e. The Balaban J connectivity index is 1.87. The first-order valence-electron chi connectivity index (χ1n) is 7.09. The van der Waals surface area contributed by atoms with E-state index in [1.165, 1.54) is 28.8 Å². The molecule has 7 heteroatoms. The Morgan fingerprint density at radius 3 is 2.54 bits per heavy atom. The van der Waals surface area contributed by atoms with Crippen LogP contribution in [-0.4, -0.2) is 34.1 Å². The number of carbonyl (C=O) groups is 2. The van der Waals surface area contributed by atoms with Crippen LogP contribution in [-0.2, 0) is 4.79 Å². The van der Waals surface area contributed by atoms with E-state index in [0.717, 1.165) is 10.4 Å². The number of likely N-dealkylation sites (N-methyl/N-ethyl adjacent to an activating group) is 1. The molecule has 0 saturated carbocycles. The van der Waals surface area contributed by atoms with Crippen molar-refractivity contribution in [2.24, 2.45) is 4.99 Å². The predicted molar refractivity (Wildman–Crippen MR) is 97.9 cm³/mol. The Kier molecular flexibility index (Phi) is 4.55. The Bertz CT molecular complexity index is 866. The lowest BCUT2D eigenvalue weighted by Gasteiger charge is -2.07. The van der Waals surface area contributed by atoms with Crippen molar-refractivity contribution in [2.45, 2.75) is 6.92 Å². The van der Waals surface area contributed by atoms with Gasteiger partial charge in [-0.1, -0.05) is 0 Å². The second-order valence-electron chi connectivity index (χ2n) is 5.19. The van der Waals surface area contributed by atoms with E-state index in [9.17, 15) is 9.59 Å². The Morgan fingerprint density at radius 1 is 1.25 bits per heavy atom. The van der Waals surface area contributed by atoms with Gasteiger partial charge in [0.05, 0.1) is 16.2 Å². The van der Waals surface area contributed by atoms with Crippen molar-refractivity contribution in [1.82, 2.24) is 4.90 Å². The van der Waals surface area contributed by atoms with Gasteiger partial charge in [0.2, 0.25) is 0 Å². The molecule has 3 rings (SSSR count). The van der Waals surface area contributed by atoms with Crippen molar-refractivity contribution in [1.29, 1.82) is 0 Å². The second-order valence-corrected chi connectivity index (χ2v) is 7.15. The van der Waals surface area contributed by atoms with Crippen molar-refractivity contribution in [3.05, 3.63) is 56.6 Å². The SMILES string of the molecule is Cc1ccsc1/C=C1\SC(=Nc2ccc(C(=O)O)cc2)N(C)C1=O. The van der Waals surface area contributed by atoms with Crippen LogP contribution in [0, 0.1) is 6.92 Å². The minimum absolute atomic E-state index is 0.0892. The van der Waals surface area contributed by atoms with Crippen LogP contribution < -0.4 is 0 Å². The quantitative estimate of drug-likeness (QED) is 0.842. The van der Waals surface area contributed by atoms with Crippen molar-refractivity contribution in [3.8, 4) is 0 Å². The Morgan fingerprint density at radius 2 is 1.96 bits per heavy atom. The molecule has 0 radical (unpaired) electrons. The van der Waals surface area contributed by atoms with Crippen molar-refractivity contribution < 1.29 is 14.7 Å². The number of nitrogens with zero attached hydrogens (tertiary/aromatic N) is 2. The average molecular weight is 358 g/mol. The van der Waals surface area contributed by atoms with Crippen LogP contribution in [0.15, 0.2) is 45.6 Å². The van der Waals surface area contributed by atoms with Gasteiger partial charge in [-0.3, -0.25) is 9.69 Å². The van der Waals surface area contributed by atoms with E-state index in [-0.39, 0.29) is 11.5 Å². The highest BCUT2D eigenvalue weighted by Gasteiger charge is 2.30. The lowest BCUT2D eigenvalue weighted by molar-refractivity contribution is -0.121. The van der Waals surface area contributed by atoms with Gasteiger partial charge in [-0.05, 0) is 66.0 Å². The Hall–Kier alpha value is -2.38. The summed E-state index contributed by atoms with van der Waals surface area (Å²) in [5, 5.41) is 11.5. The molecule has 122 valence electrons. The van der Waals surface area contributed by atoms with Crippen molar-refractivity contribution in [3.63, 3.8) is 0 Å². The summed E-state index contributed by atoms with van der Waals surface area (Å²) in [6.07, 6.45) is 1.89. The number of carboxylic acids is 1. The number of amides is 1. The summed E-state index contributed by atoms with van der Waals surface area (Å²) in [7, 11) is 1.68. The summed E-state index contributed by atoms with van der Waals surface area (Å²) in [6.45, 7) is 2.01. The number of amidine groups is 1. The predicted octanol–water partition coefficient (Wildman–Crippen LogP) is 3.99. The fourth-order valence-electron chi connectivity index (χ4n) is 2.09. The first-order chi connectivity index (χ1) is 11.5. The van der Waals surface area contributed by atoms with Crippen LogP contribution in [0.1, 0.15) is 20.8 Å². The van der Waals surface area contributed by atoms with Gasteiger partial charge < -0.3 is 5.11 Å². The molecule has 1 fully saturated rings. The van der Waals surface area contributed by atoms with E-state index in [1.54, 1.807) is 30.5 Å². The van der Waals surface area contributed by atoms with Gasteiger partial charge in [-0.25, -0.2) is 9.79 Å². The standard InChI is InChI=1S/C17H14N2O3S2/c1-10-7-8-23-13(10)9-14-15(20)19(2)17(24-14)18-12-5-3-11(4-6-12)16(21)22/h3-9H,1-2H3,(H,21,22)/b14-9-,18-17?. The van der Waals surface area contributed by atoms with Gasteiger partial charge >= 0.3 is 5.97 Å². The molecule has 0 unspecified atom stereocenters. The third-order valence-electron chi connectivity index (χ3n) is 3.51. The summed E-state index contributed by atoms with van der Waals surface area (Å²) in [4.78, 5) is 30.9. The van der Waals surface area contributed by atoms with Crippen molar-refractivity contribution in [2.75, 3.05) is 7.05 Å². The van der Waals surface area contributed by atoms with Crippen molar-refractivity contribution >= 4 is 51.9 Å². The molecule has 1 amide bonds. The summed E-state index contributed by atoms with van der Waals surface area (Å²) in [6, 6.07) is 8.26. The number of thiophene rings is 1. The monoisotopic (exact) mass is 358 g/mol. The molecule has 0 spiro atoms. The molecule has 5 nitrogen and oxygen atoms in total. The van der Waals surface area contributed by atoms with Gasteiger partial charge in [-0.15, -0.1) is 11.3 Å². The summed E-state index contributed by atoms with van der Waals surface area (Å²) < 4.78 is 0. The molecular weight excluding hydrogens is 344 g/mol. The molecule has 1 aliphatic heterocycles. The number of hydrogen-bond acceptors (Lipinski definition) is 5. The molecule has 24 heavy (non-hydrogen) atoms. The lowest BCUT2D eigenvalue weighted by atomic mass is 10.2. The number of aliphatic imine (C=N–C) groups is 1. The van der Waals surface area contributed by atoms with Crippen LogP contribution in [0.2, 0.25) is 0 Å². The number of hydrogen-bond donors (Lipinski definition) is 1. The van der Waals surface area contributed by atoms with Gasteiger partial charge in [-0.2, -0.15) is 0 Å². The number of carboxylic acid groups (broad SMARTS) is 1. The highest BCUT2D eigenvalue weighted by atomic mass is 32.2. The molecule has 0 atom stereocenters. The maximum absolute atomic E-state index is 12.4. The summed E-state index contributed by atoms with van der Waals surface area (Å²) in [5.41, 5.74) is 1.95. The van der Waals surface area contributed by atoms with Crippen LogP contribution in [0.4, 0.5) is 5.69 Å². The second kappa shape index (κ2) is 6.62.